The average Bonchev–Trinajstić information content (AvgIpc) is 2.29. The Bertz CT molecular complexity index is 254. The third-order valence-electron chi connectivity index (χ3n) is 4.19. The molecule has 3 nitrogen and oxygen atoms in total. The van der Waals surface area contributed by atoms with Gasteiger partial charge in [-0.3, -0.25) is 9.69 Å². The van der Waals surface area contributed by atoms with Crippen LogP contribution in [0.15, 0.2) is 0 Å². The van der Waals surface area contributed by atoms with Gasteiger partial charge in [0.15, 0.2) is 0 Å². The minimum absolute atomic E-state index is 0.213. The highest BCUT2D eigenvalue weighted by atomic mass is 16.1. The van der Waals surface area contributed by atoms with Crippen LogP contribution in [-0.4, -0.2) is 54.9 Å². The van der Waals surface area contributed by atoms with Gasteiger partial charge in [0.1, 0.15) is 5.78 Å². The fourth-order valence-corrected chi connectivity index (χ4v) is 3.12. The zero-order valence-electron chi connectivity index (χ0n) is 10.6. The zero-order chi connectivity index (χ0) is 11.5. The second kappa shape index (κ2) is 5.28. The van der Waals surface area contributed by atoms with Gasteiger partial charge in [-0.25, -0.2) is 0 Å². The molecule has 1 saturated heterocycles. The molecule has 0 spiro atoms. The number of carbonyl (C=O) groups excluding carboxylic acids is 1. The molecule has 2 rings (SSSR count). The molecule has 2 unspecified atom stereocenters. The smallest absolute Gasteiger partial charge is 0.149 e. The van der Waals surface area contributed by atoms with Crippen LogP contribution in [0, 0.1) is 0 Å². The van der Waals surface area contributed by atoms with Gasteiger partial charge < -0.3 is 4.90 Å². The molecule has 1 saturated carbocycles. The second-order valence-electron chi connectivity index (χ2n) is 5.45. The van der Waals surface area contributed by atoms with Crippen LogP contribution < -0.4 is 0 Å². The van der Waals surface area contributed by atoms with E-state index in [-0.39, 0.29) is 6.04 Å². The first kappa shape index (κ1) is 12.1. The molecule has 92 valence electrons. The van der Waals surface area contributed by atoms with Crippen LogP contribution in [0.3, 0.4) is 0 Å². The molecule has 0 bridgehead atoms. The highest BCUT2D eigenvalue weighted by molar-refractivity contribution is 5.84. The summed E-state index contributed by atoms with van der Waals surface area (Å²) in [5.74, 6) is 0.474. The molecule has 0 amide bonds. The summed E-state index contributed by atoms with van der Waals surface area (Å²) in [5, 5.41) is 0. The summed E-state index contributed by atoms with van der Waals surface area (Å²) in [4.78, 5) is 16.6. The van der Waals surface area contributed by atoms with E-state index >= 15 is 0 Å². The Labute approximate surface area is 98.8 Å². The molecule has 1 aliphatic heterocycles. The predicted octanol–water partition coefficient (Wildman–Crippen LogP) is 1.52. The Morgan fingerprint density at radius 3 is 2.75 bits per heavy atom. The molecule has 2 fully saturated rings. The number of likely N-dealkylation sites (tertiary alicyclic amines) is 1. The van der Waals surface area contributed by atoms with Crippen LogP contribution in [0.5, 0.6) is 0 Å². The van der Waals surface area contributed by atoms with E-state index in [9.17, 15) is 4.79 Å². The number of hydrogen-bond acceptors (Lipinski definition) is 3. The number of rotatable bonds is 2. The Morgan fingerprint density at radius 1 is 1.25 bits per heavy atom. The molecule has 1 aliphatic carbocycles. The van der Waals surface area contributed by atoms with Gasteiger partial charge >= 0.3 is 0 Å². The van der Waals surface area contributed by atoms with E-state index in [1.165, 1.54) is 25.8 Å². The number of carbonyl (C=O) groups is 1. The van der Waals surface area contributed by atoms with Crippen molar-refractivity contribution in [1.29, 1.82) is 0 Å². The molecular formula is C13H24N2O. The summed E-state index contributed by atoms with van der Waals surface area (Å²) in [6, 6.07) is 0.802. The van der Waals surface area contributed by atoms with Gasteiger partial charge in [0.2, 0.25) is 0 Å². The predicted molar refractivity (Wildman–Crippen MR) is 65.5 cm³/mol. The van der Waals surface area contributed by atoms with Gasteiger partial charge in [-0.15, -0.1) is 0 Å². The molecular weight excluding hydrogens is 200 g/mol. The van der Waals surface area contributed by atoms with Gasteiger partial charge in [-0.05, 0) is 46.3 Å². The highest BCUT2D eigenvalue weighted by Crippen LogP contribution is 2.23. The van der Waals surface area contributed by atoms with E-state index in [1.54, 1.807) is 0 Å². The van der Waals surface area contributed by atoms with E-state index in [1.807, 2.05) is 0 Å². The zero-order valence-corrected chi connectivity index (χ0v) is 10.6. The lowest BCUT2D eigenvalue weighted by Crippen LogP contribution is -2.52. The SMILES string of the molecule is CN1CCCC(N(C)C2CCCCC2=O)C1. The van der Waals surface area contributed by atoms with Crippen molar-refractivity contribution in [3.8, 4) is 0 Å². The lowest BCUT2D eigenvalue weighted by molar-refractivity contribution is -0.127. The monoisotopic (exact) mass is 224 g/mol. The maximum atomic E-state index is 11.9. The number of nitrogens with zero attached hydrogens (tertiary/aromatic N) is 2. The van der Waals surface area contributed by atoms with Crippen molar-refractivity contribution >= 4 is 5.78 Å². The Hall–Kier alpha value is -0.410. The van der Waals surface area contributed by atoms with E-state index in [0.717, 1.165) is 25.8 Å². The lowest BCUT2D eigenvalue weighted by atomic mass is 9.91. The molecule has 2 atom stereocenters. The van der Waals surface area contributed by atoms with Crippen molar-refractivity contribution in [2.75, 3.05) is 27.2 Å². The molecule has 3 heteroatoms. The Balaban J connectivity index is 1.94. The number of ketones is 1. The van der Waals surface area contributed by atoms with Crippen LogP contribution in [0.1, 0.15) is 38.5 Å². The molecule has 0 radical (unpaired) electrons. The molecule has 0 N–H and O–H groups in total. The van der Waals surface area contributed by atoms with Crippen LogP contribution in [-0.2, 0) is 4.79 Å². The van der Waals surface area contributed by atoms with Crippen molar-refractivity contribution in [2.45, 2.75) is 50.6 Å². The second-order valence-corrected chi connectivity index (χ2v) is 5.45. The normalized spacial score (nSPS) is 33.3. The Kier molecular flexibility index (Phi) is 3.98. The third kappa shape index (κ3) is 2.64. The van der Waals surface area contributed by atoms with E-state index < -0.39 is 0 Å². The minimum Gasteiger partial charge on any atom is -0.305 e. The van der Waals surface area contributed by atoms with Gasteiger partial charge in [0, 0.05) is 19.0 Å². The van der Waals surface area contributed by atoms with Gasteiger partial charge in [-0.1, -0.05) is 6.42 Å². The minimum atomic E-state index is 0.213. The van der Waals surface area contributed by atoms with Crippen LogP contribution in [0.25, 0.3) is 0 Å². The summed E-state index contributed by atoms with van der Waals surface area (Å²) >= 11 is 0. The number of Topliss-reactive ketones (excluding diaryl/α,β-unsaturated/α-hetero) is 1. The molecule has 0 aromatic rings. The maximum Gasteiger partial charge on any atom is 0.149 e. The fraction of sp³-hybridized carbons (Fsp3) is 0.923. The molecule has 0 aromatic carbocycles. The first-order valence-corrected chi connectivity index (χ1v) is 6.61. The van der Waals surface area contributed by atoms with Crippen molar-refractivity contribution in [3.63, 3.8) is 0 Å². The van der Waals surface area contributed by atoms with Crippen molar-refractivity contribution in [2.24, 2.45) is 0 Å². The molecule has 16 heavy (non-hydrogen) atoms. The van der Waals surface area contributed by atoms with Gasteiger partial charge in [0.25, 0.3) is 0 Å². The highest BCUT2D eigenvalue weighted by Gasteiger charge is 2.31. The summed E-state index contributed by atoms with van der Waals surface area (Å²) in [6.45, 7) is 2.34. The van der Waals surface area contributed by atoms with Gasteiger partial charge in [0.05, 0.1) is 6.04 Å². The average molecular weight is 224 g/mol. The standard InChI is InChI=1S/C13H24N2O/c1-14-9-5-6-11(10-14)15(2)12-7-3-4-8-13(12)16/h11-12H,3-10H2,1-2H3. The summed E-state index contributed by atoms with van der Waals surface area (Å²) in [5.41, 5.74) is 0. The van der Waals surface area contributed by atoms with Crippen molar-refractivity contribution in [3.05, 3.63) is 0 Å². The lowest BCUT2D eigenvalue weighted by Gasteiger charge is -2.40. The first-order valence-electron chi connectivity index (χ1n) is 6.61. The summed E-state index contributed by atoms with van der Waals surface area (Å²) in [7, 11) is 4.33. The largest absolute Gasteiger partial charge is 0.305 e. The number of piperidine rings is 1. The number of likely N-dealkylation sites (N-methyl/N-ethyl adjacent to an activating group) is 2. The summed E-state index contributed by atoms with van der Waals surface area (Å²) < 4.78 is 0. The van der Waals surface area contributed by atoms with Crippen LogP contribution in [0.2, 0.25) is 0 Å². The van der Waals surface area contributed by atoms with Gasteiger partial charge in [-0.2, -0.15) is 0 Å². The van der Waals surface area contributed by atoms with E-state index in [2.05, 4.69) is 23.9 Å². The maximum absolute atomic E-state index is 11.9. The first-order chi connectivity index (χ1) is 7.68. The topological polar surface area (TPSA) is 23.6 Å². The van der Waals surface area contributed by atoms with E-state index in [0.29, 0.717) is 11.8 Å². The fourth-order valence-electron chi connectivity index (χ4n) is 3.12. The van der Waals surface area contributed by atoms with Crippen molar-refractivity contribution < 1.29 is 4.79 Å². The van der Waals surface area contributed by atoms with Crippen molar-refractivity contribution in [1.82, 2.24) is 9.80 Å². The van der Waals surface area contributed by atoms with Crippen LogP contribution >= 0.6 is 0 Å². The number of hydrogen-bond donors (Lipinski definition) is 0. The van der Waals surface area contributed by atoms with E-state index in [4.69, 9.17) is 0 Å². The quantitative estimate of drug-likeness (QED) is 0.710. The molecule has 1 heterocycles. The van der Waals surface area contributed by atoms with Crippen LogP contribution in [0.4, 0.5) is 0 Å². The Morgan fingerprint density at radius 2 is 2.06 bits per heavy atom. The third-order valence-corrected chi connectivity index (χ3v) is 4.19. The molecule has 0 aromatic heterocycles. The molecule has 2 aliphatic rings. The summed E-state index contributed by atoms with van der Waals surface area (Å²) in [6.07, 6.45) is 6.74.